The molecule has 0 saturated carbocycles. The summed E-state index contributed by atoms with van der Waals surface area (Å²) in [6.07, 6.45) is 0.699. The van der Waals surface area contributed by atoms with E-state index >= 15 is 0 Å². The maximum atomic E-state index is 10.7. The molecule has 2 nitrogen and oxygen atoms in total. The van der Waals surface area contributed by atoms with E-state index in [9.17, 15) is 9.90 Å². The monoisotopic (exact) mass is 304 g/mol. The van der Waals surface area contributed by atoms with Crippen LogP contribution in [-0.4, -0.2) is 11.4 Å². The lowest BCUT2D eigenvalue weighted by Crippen LogP contribution is -1.83. The highest BCUT2D eigenvalue weighted by Crippen LogP contribution is 2.33. The summed E-state index contributed by atoms with van der Waals surface area (Å²) in [4.78, 5) is 10.7. The SMILES string of the molecule is O=Cc1c(O)cc(I)c2ccsc12. The quantitative estimate of drug-likeness (QED) is 0.649. The number of rotatable bonds is 1. The number of aldehydes is 1. The van der Waals surface area contributed by atoms with E-state index < -0.39 is 0 Å². The fraction of sp³-hybridized carbons (Fsp3) is 0. The van der Waals surface area contributed by atoms with Crippen molar-refractivity contribution in [1.82, 2.24) is 0 Å². The van der Waals surface area contributed by atoms with Gasteiger partial charge in [0.05, 0.1) is 5.56 Å². The molecule has 1 aromatic carbocycles. The molecule has 0 radical (unpaired) electrons. The fourth-order valence-corrected chi connectivity index (χ4v) is 3.06. The Labute approximate surface area is 92.3 Å². The van der Waals surface area contributed by atoms with Crippen molar-refractivity contribution in [2.45, 2.75) is 0 Å². The van der Waals surface area contributed by atoms with Crippen LogP contribution in [0.2, 0.25) is 0 Å². The number of benzene rings is 1. The summed E-state index contributed by atoms with van der Waals surface area (Å²) < 4.78 is 1.83. The molecule has 1 aromatic heterocycles. The molecule has 0 amide bonds. The number of halogens is 1. The summed E-state index contributed by atoms with van der Waals surface area (Å²) in [5.74, 6) is 0.0642. The van der Waals surface area contributed by atoms with Crippen LogP contribution in [-0.2, 0) is 0 Å². The Morgan fingerprint density at radius 3 is 3.00 bits per heavy atom. The lowest BCUT2D eigenvalue weighted by Gasteiger charge is -2.00. The number of hydrogen-bond acceptors (Lipinski definition) is 3. The first-order valence-electron chi connectivity index (χ1n) is 3.58. The summed E-state index contributed by atoms with van der Waals surface area (Å²) in [6, 6.07) is 3.56. The molecule has 0 spiro atoms. The molecule has 0 atom stereocenters. The molecule has 1 heterocycles. The highest BCUT2D eigenvalue weighted by Gasteiger charge is 2.10. The molecule has 4 heteroatoms. The maximum absolute atomic E-state index is 10.7. The van der Waals surface area contributed by atoms with Crippen LogP contribution in [0, 0.1) is 3.57 Å². The Kier molecular flexibility index (Phi) is 2.25. The van der Waals surface area contributed by atoms with Gasteiger partial charge in [0.15, 0.2) is 6.29 Å². The van der Waals surface area contributed by atoms with E-state index in [2.05, 4.69) is 22.6 Å². The first-order valence-corrected chi connectivity index (χ1v) is 5.53. The minimum Gasteiger partial charge on any atom is -0.507 e. The normalized spacial score (nSPS) is 10.5. The summed E-state index contributed by atoms with van der Waals surface area (Å²) in [6.45, 7) is 0. The number of aromatic hydroxyl groups is 1. The number of carbonyl (C=O) groups excluding carboxylic acids is 1. The van der Waals surface area contributed by atoms with Crippen LogP contribution in [0.25, 0.3) is 10.1 Å². The van der Waals surface area contributed by atoms with E-state index in [-0.39, 0.29) is 5.75 Å². The summed E-state index contributed by atoms with van der Waals surface area (Å²) >= 11 is 3.61. The van der Waals surface area contributed by atoms with Gasteiger partial charge in [-0.05, 0) is 40.1 Å². The maximum Gasteiger partial charge on any atom is 0.155 e. The molecule has 0 unspecified atom stereocenters. The van der Waals surface area contributed by atoms with Gasteiger partial charge in [0.25, 0.3) is 0 Å². The molecule has 66 valence electrons. The average molecular weight is 304 g/mol. The number of fused-ring (bicyclic) bond motifs is 1. The third-order valence-corrected chi connectivity index (χ3v) is 3.66. The highest BCUT2D eigenvalue weighted by atomic mass is 127. The standard InChI is InChI=1S/C9H5IO2S/c10-7-3-8(12)6(4-11)9-5(7)1-2-13-9/h1-4,12H. The van der Waals surface area contributed by atoms with Crippen LogP contribution in [0.15, 0.2) is 17.5 Å². The number of carbonyl (C=O) groups is 1. The zero-order chi connectivity index (χ0) is 9.42. The zero-order valence-corrected chi connectivity index (χ0v) is 9.43. The van der Waals surface area contributed by atoms with Crippen LogP contribution < -0.4 is 0 Å². The summed E-state index contributed by atoms with van der Waals surface area (Å²) in [7, 11) is 0. The largest absolute Gasteiger partial charge is 0.507 e. The van der Waals surface area contributed by atoms with Gasteiger partial charge in [0.2, 0.25) is 0 Å². The Morgan fingerprint density at radius 2 is 2.31 bits per heavy atom. The number of hydrogen-bond donors (Lipinski definition) is 1. The smallest absolute Gasteiger partial charge is 0.155 e. The Bertz CT molecular complexity index is 476. The van der Waals surface area contributed by atoms with Crippen molar-refractivity contribution in [3.63, 3.8) is 0 Å². The minimum atomic E-state index is 0.0642. The topological polar surface area (TPSA) is 37.3 Å². The minimum absolute atomic E-state index is 0.0642. The first-order chi connectivity index (χ1) is 6.24. The molecule has 2 aromatic rings. The third kappa shape index (κ3) is 1.34. The molecule has 0 aliphatic heterocycles. The predicted octanol–water partition coefficient (Wildman–Crippen LogP) is 3.02. The number of phenols is 1. The second kappa shape index (κ2) is 3.26. The van der Waals surface area contributed by atoms with Crippen molar-refractivity contribution < 1.29 is 9.90 Å². The van der Waals surface area contributed by atoms with Crippen LogP contribution in [0.5, 0.6) is 5.75 Å². The molecule has 0 fully saturated rings. The molecule has 0 bridgehead atoms. The van der Waals surface area contributed by atoms with Crippen molar-refractivity contribution in [2.24, 2.45) is 0 Å². The van der Waals surface area contributed by atoms with Crippen molar-refractivity contribution in [3.8, 4) is 5.75 Å². The average Bonchev–Trinajstić information content (AvgIpc) is 2.53. The van der Waals surface area contributed by atoms with Gasteiger partial charge in [-0.25, -0.2) is 0 Å². The molecular weight excluding hydrogens is 299 g/mol. The molecule has 2 rings (SSSR count). The van der Waals surface area contributed by atoms with Gasteiger partial charge in [0, 0.05) is 13.7 Å². The Morgan fingerprint density at radius 1 is 1.54 bits per heavy atom. The number of phenolic OH excluding ortho intramolecular Hbond substituents is 1. The molecule has 13 heavy (non-hydrogen) atoms. The Balaban J connectivity index is 2.96. The van der Waals surface area contributed by atoms with E-state index in [0.717, 1.165) is 13.7 Å². The van der Waals surface area contributed by atoms with Crippen molar-refractivity contribution in [2.75, 3.05) is 0 Å². The molecule has 0 aliphatic carbocycles. The highest BCUT2D eigenvalue weighted by molar-refractivity contribution is 14.1. The van der Waals surface area contributed by atoms with Gasteiger partial charge in [0.1, 0.15) is 5.75 Å². The second-order valence-electron chi connectivity index (χ2n) is 2.57. The molecule has 1 N–H and O–H groups in total. The van der Waals surface area contributed by atoms with Crippen molar-refractivity contribution in [1.29, 1.82) is 0 Å². The van der Waals surface area contributed by atoms with Gasteiger partial charge in [-0.15, -0.1) is 11.3 Å². The van der Waals surface area contributed by atoms with Crippen LogP contribution in [0.3, 0.4) is 0 Å². The van der Waals surface area contributed by atoms with E-state index in [1.54, 1.807) is 6.07 Å². The van der Waals surface area contributed by atoms with Gasteiger partial charge in [-0.1, -0.05) is 0 Å². The lowest BCUT2D eigenvalue weighted by molar-refractivity contribution is 0.112. The van der Waals surface area contributed by atoms with Crippen molar-refractivity contribution in [3.05, 3.63) is 26.6 Å². The number of thiophene rings is 1. The van der Waals surface area contributed by atoms with Crippen LogP contribution in [0.1, 0.15) is 10.4 Å². The van der Waals surface area contributed by atoms with Gasteiger partial charge in [-0.2, -0.15) is 0 Å². The molecule has 0 aliphatic rings. The van der Waals surface area contributed by atoms with E-state index in [1.807, 2.05) is 11.4 Å². The molecule has 0 saturated heterocycles. The summed E-state index contributed by atoms with van der Waals surface area (Å²) in [5, 5.41) is 12.4. The van der Waals surface area contributed by atoms with Gasteiger partial charge < -0.3 is 5.11 Å². The zero-order valence-electron chi connectivity index (χ0n) is 6.45. The molecular formula is C9H5IO2S. The first kappa shape index (κ1) is 8.96. The summed E-state index contributed by atoms with van der Waals surface area (Å²) in [5.41, 5.74) is 0.394. The lowest BCUT2D eigenvalue weighted by atomic mass is 10.1. The van der Waals surface area contributed by atoms with E-state index in [4.69, 9.17) is 0 Å². The second-order valence-corrected chi connectivity index (χ2v) is 4.65. The predicted molar refractivity (Wildman–Crippen MR) is 61.6 cm³/mol. The Hall–Kier alpha value is -0.620. The van der Waals surface area contributed by atoms with Crippen LogP contribution >= 0.6 is 33.9 Å². The van der Waals surface area contributed by atoms with Gasteiger partial charge >= 0.3 is 0 Å². The third-order valence-electron chi connectivity index (χ3n) is 1.82. The van der Waals surface area contributed by atoms with E-state index in [1.165, 1.54) is 11.3 Å². The van der Waals surface area contributed by atoms with Crippen LogP contribution in [0.4, 0.5) is 0 Å². The fourth-order valence-electron chi connectivity index (χ4n) is 1.21. The van der Waals surface area contributed by atoms with E-state index in [0.29, 0.717) is 11.8 Å². The van der Waals surface area contributed by atoms with Gasteiger partial charge in [-0.3, -0.25) is 4.79 Å². The van der Waals surface area contributed by atoms with Crippen molar-refractivity contribution >= 4 is 50.3 Å².